The minimum Gasteiger partial charge on any atom is -0.416 e. The number of carbonyl (C=O) groups excluding carboxylic acids is 2. The molecule has 1 fully saturated rings. The van der Waals surface area contributed by atoms with E-state index in [2.05, 4.69) is 11.8 Å². The summed E-state index contributed by atoms with van der Waals surface area (Å²) in [5.74, 6) is 1.80. The average Bonchev–Trinajstić information content (AvgIpc) is 2.51. The minimum atomic E-state index is -1.82. The van der Waals surface area contributed by atoms with E-state index >= 15 is 0 Å². The van der Waals surface area contributed by atoms with Crippen LogP contribution >= 0.6 is 0 Å². The Bertz CT molecular complexity index is 721. The molecular weight excluding hydrogens is 312 g/mol. The van der Waals surface area contributed by atoms with Crippen LogP contribution in [0.25, 0.3) is 0 Å². The molecule has 126 valence electrons. The van der Waals surface area contributed by atoms with Gasteiger partial charge in [-0.05, 0) is 31.5 Å². The molecule has 2 unspecified atom stereocenters. The summed E-state index contributed by atoms with van der Waals surface area (Å²) >= 11 is 0. The number of hydrogen-bond acceptors (Lipinski definition) is 6. The molecule has 1 aromatic rings. The molecule has 2 aliphatic carbocycles. The lowest BCUT2D eigenvalue weighted by Gasteiger charge is -2.49. The highest BCUT2D eigenvalue weighted by molar-refractivity contribution is 5.69. The number of carbonyl (C=O) groups is 2. The summed E-state index contributed by atoms with van der Waals surface area (Å²) in [6, 6.07) is 7.26. The molecule has 0 radical (unpaired) electrons. The molecule has 2 atom stereocenters. The smallest absolute Gasteiger partial charge is 0.324 e. The van der Waals surface area contributed by atoms with Gasteiger partial charge in [-0.15, -0.1) is 0 Å². The summed E-state index contributed by atoms with van der Waals surface area (Å²) in [5, 5.41) is 0. The molecule has 1 aliphatic heterocycles. The van der Waals surface area contributed by atoms with E-state index < -0.39 is 35.7 Å². The zero-order valence-electron chi connectivity index (χ0n) is 13.9. The van der Waals surface area contributed by atoms with Gasteiger partial charge >= 0.3 is 17.7 Å². The van der Waals surface area contributed by atoms with Gasteiger partial charge in [-0.2, -0.15) is 0 Å². The van der Waals surface area contributed by atoms with E-state index in [0.717, 1.165) is 5.56 Å². The van der Waals surface area contributed by atoms with Crippen molar-refractivity contribution in [3.05, 3.63) is 35.4 Å². The van der Waals surface area contributed by atoms with Crippen LogP contribution in [0.1, 0.15) is 44.9 Å². The molecule has 6 nitrogen and oxygen atoms in total. The van der Waals surface area contributed by atoms with Crippen molar-refractivity contribution in [3.8, 4) is 11.8 Å². The third-order valence-corrected chi connectivity index (χ3v) is 3.70. The van der Waals surface area contributed by atoms with Crippen molar-refractivity contribution in [2.45, 2.75) is 51.5 Å². The van der Waals surface area contributed by atoms with E-state index in [1.54, 1.807) is 26.0 Å². The molecule has 24 heavy (non-hydrogen) atoms. The number of hydrogen-bond donors (Lipinski definition) is 0. The third kappa shape index (κ3) is 2.88. The predicted octanol–water partition coefficient (Wildman–Crippen LogP) is 2.07. The Morgan fingerprint density at radius 1 is 1.04 bits per heavy atom. The van der Waals surface area contributed by atoms with Crippen LogP contribution < -0.4 is 0 Å². The second-order valence-electron chi connectivity index (χ2n) is 6.20. The zero-order valence-corrected chi connectivity index (χ0v) is 13.9. The van der Waals surface area contributed by atoms with Crippen molar-refractivity contribution in [2.24, 2.45) is 0 Å². The lowest BCUT2D eigenvalue weighted by atomic mass is 9.94. The fourth-order valence-electron chi connectivity index (χ4n) is 2.90. The predicted molar refractivity (Wildman–Crippen MR) is 82.4 cm³/mol. The molecule has 1 saturated heterocycles. The number of rotatable bonds is 2. The molecule has 4 rings (SSSR count). The van der Waals surface area contributed by atoms with Crippen LogP contribution in [-0.4, -0.2) is 29.6 Å². The average molecular weight is 330 g/mol. The van der Waals surface area contributed by atoms with Crippen LogP contribution in [0.3, 0.4) is 0 Å². The molecule has 1 heterocycles. The van der Waals surface area contributed by atoms with Crippen molar-refractivity contribution in [2.75, 3.05) is 0 Å². The maximum atomic E-state index is 11.8. The van der Waals surface area contributed by atoms with Gasteiger partial charge in [-0.1, -0.05) is 24.0 Å². The monoisotopic (exact) mass is 330 g/mol. The van der Waals surface area contributed by atoms with Gasteiger partial charge in [0.2, 0.25) is 6.10 Å². The molecule has 0 N–H and O–H groups in total. The lowest BCUT2D eigenvalue weighted by molar-refractivity contribution is -0.406. The summed E-state index contributed by atoms with van der Waals surface area (Å²) in [6.07, 6.45) is -1.87. The highest BCUT2D eigenvalue weighted by Gasteiger charge is 2.61. The molecular formula is C18H18O6. The normalized spacial score (nSPS) is 25.3. The van der Waals surface area contributed by atoms with E-state index in [1.807, 2.05) is 12.1 Å². The van der Waals surface area contributed by atoms with Crippen molar-refractivity contribution < 1.29 is 28.5 Å². The number of fused-ring (bicyclic) bond motifs is 2. The van der Waals surface area contributed by atoms with Gasteiger partial charge in [0.15, 0.2) is 11.9 Å². The molecule has 4 bridgehead atoms. The molecule has 6 heteroatoms. The summed E-state index contributed by atoms with van der Waals surface area (Å²) in [6.45, 7) is 5.92. The quantitative estimate of drug-likeness (QED) is 0.470. The van der Waals surface area contributed by atoms with E-state index in [9.17, 15) is 9.59 Å². The van der Waals surface area contributed by atoms with Gasteiger partial charge in [0.05, 0.1) is 0 Å². The molecule has 1 aromatic carbocycles. The fourth-order valence-corrected chi connectivity index (χ4v) is 2.90. The largest absolute Gasteiger partial charge is 0.416 e. The summed E-state index contributed by atoms with van der Waals surface area (Å²) in [7, 11) is 0. The van der Waals surface area contributed by atoms with Gasteiger partial charge in [0.1, 0.15) is 0 Å². The molecule has 0 saturated carbocycles. The molecule has 3 aliphatic rings. The first-order valence-corrected chi connectivity index (χ1v) is 7.58. The van der Waals surface area contributed by atoms with E-state index in [0.29, 0.717) is 5.56 Å². The zero-order chi connectivity index (χ0) is 17.5. The maximum Gasteiger partial charge on any atom is 0.324 e. The molecule has 0 spiro atoms. The van der Waals surface area contributed by atoms with Gasteiger partial charge in [-0.25, -0.2) is 0 Å². The van der Waals surface area contributed by atoms with Crippen LogP contribution in [0.4, 0.5) is 0 Å². The van der Waals surface area contributed by atoms with Crippen LogP contribution in [-0.2, 0) is 28.5 Å². The number of benzene rings is 1. The van der Waals surface area contributed by atoms with Crippen LogP contribution in [0, 0.1) is 11.8 Å². The topological polar surface area (TPSA) is 71.1 Å². The van der Waals surface area contributed by atoms with Gasteiger partial charge in [-0.3, -0.25) is 9.59 Å². The summed E-state index contributed by atoms with van der Waals surface area (Å²) < 4.78 is 22.8. The van der Waals surface area contributed by atoms with Crippen LogP contribution in [0.5, 0.6) is 0 Å². The van der Waals surface area contributed by atoms with Crippen LogP contribution in [0.2, 0.25) is 0 Å². The van der Waals surface area contributed by atoms with Crippen molar-refractivity contribution in [1.82, 2.24) is 0 Å². The van der Waals surface area contributed by atoms with Gasteiger partial charge < -0.3 is 18.9 Å². The Kier molecular flexibility index (Phi) is 3.86. The van der Waals surface area contributed by atoms with E-state index in [1.165, 1.54) is 13.8 Å². The summed E-state index contributed by atoms with van der Waals surface area (Å²) in [5.41, 5.74) is 1.46. The Hall–Kier alpha value is -2.36. The Morgan fingerprint density at radius 2 is 1.62 bits per heavy atom. The Balaban J connectivity index is 2.24. The van der Waals surface area contributed by atoms with E-state index in [-0.39, 0.29) is 0 Å². The van der Waals surface area contributed by atoms with Crippen molar-refractivity contribution in [3.63, 3.8) is 0 Å². The van der Waals surface area contributed by atoms with Crippen molar-refractivity contribution in [1.29, 1.82) is 0 Å². The first kappa shape index (κ1) is 16.5. The standard InChI is InChI=1S/C18H18O6/c1-11(19)21-18(22-12(2)20)15-10-7-13-5-8-14(9-6-13)16(18)24-17(3,4)23-15/h5-6,8-9,15-16H,1-4H3. The van der Waals surface area contributed by atoms with Crippen LogP contribution in [0.15, 0.2) is 24.3 Å². The number of ether oxygens (including phenoxy) is 4. The first-order valence-electron chi connectivity index (χ1n) is 7.58. The lowest BCUT2D eigenvalue weighted by Crippen LogP contribution is -2.62. The highest BCUT2D eigenvalue weighted by Crippen LogP contribution is 2.46. The second kappa shape index (κ2) is 5.62. The van der Waals surface area contributed by atoms with Gasteiger partial charge in [0.25, 0.3) is 0 Å². The fraction of sp³-hybridized carbons (Fsp3) is 0.444. The minimum absolute atomic E-state index is 0.630. The second-order valence-corrected chi connectivity index (χ2v) is 6.20. The SMILES string of the molecule is CC(=O)OC1(OC(C)=O)C2C#Cc3ccc(cc3)C1OC(C)(C)O2. The first-order chi connectivity index (χ1) is 11.2. The summed E-state index contributed by atoms with van der Waals surface area (Å²) in [4.78, 5) is 23.5. The highest BCUT2D eigenvalue weighted by atomic mass is 16.8. The van der Waals surface area contributed by atoms with Crippen molar-refractivity contribution >= 4 is 11.9 Å². The third-order valence-electron chi connectivity index (χ3n) is 3.70. The maximum absolute atomic E-state index is 11.8. The Labute approximate surface area is 140 Å². The van der Waals surface area contributed by atoms with E-state index in [4.69, 9.17) is 18.9 Å². The molecule has 0 aromatic heterocycles. The van der Waals surface area contributed by atoms with Gasteiger partial charge in [0, 0.05) is 19.4 Å². The number of esters is 2. The molecule has 0 amide bonds. The Morgan fingerprint density at radius 3 is 2.17 bits per heavy atom.